The zero-order chi connectivity index (χ0) is 14.8. The van der Waals surface area contributed by atoms with Gasteiger partial charge >= 0.3 is 5.97 Å². The number of hydrogen-bond donors (Lipinski definition) is 2. The fraction of sp³-hybridized carbons (Fsp3) is 0. The SMILES string of the molecule is O=C(O)c1ccc(S(=O)(=O)Nc2ccccn2)c(Br)c1. The topological polar surface area (TPSA) is 96.4 Å². The Balaban J connectivity index is 2.37. The van der Waals surface area contributed by atoms with Crippen molar-refractivity contribution in [1.29, 1.82) is 0 Å². The first-order chi connectivity index (χ1) is 9.40. The predicted molar refractivity (Wildman–Crippen MR) is 76.1 cm³/mol. The van der Waals surface area contributed by atoms with Crippen molar-refractivity contribution in [2.75, 3.05) is 4.72 Å². The van der Waals surface area contributed by atoms with Crippen LogP contribution in [0.2, 0.25) is 0 Å². The summed E-state index contributed by atoms with van der Waals surface area (Å²) in [5, 5.41) is 8.84. The van der Waals surface area contributed by atoms with Gasteiger partial charge in [-0.15, -0.1) is 0 Å². The van der Waals surface area contributed by atoms with Gasteiger partial charge in [-0.1, -0.05) is 6.07 Å². The maximum atomic E-state index is 12.2. The highest BCUT2D eigenvalue weighted by molar-refractivity contribution is 9.10. The number of carbonyl (C=O) groups is 1. The van der Waals surface area contributed by atoms with Gasteiger partial charge in [-0.25, -0.2) is 18.2 Å². The van der Waals surface area contributed by atoms with Gasteiger partial charge in [-0.2, -0.15) is 0 Å². The zero-order valence-corrected chi connectivity index (χ0v) is 12.3. The quantitative estimate of drug-likeness (QED) is 0.876. The molecular weight excluding hydrogens is 348 g/mol. The first-order valence-electron chi connectivity index (χ1n) is 5.37. The molecule has 0 radical (unpaired) electrons. The van der Waals surface area contributed by atoms with Crippen LogP contribution in [0.3, 0.4) is 0 Å². The van der Waals surface area contributed by atoms with E-state index in [-0.39, 0.29) is 20.7 Å². The Kier molecular flexibility index (Phi) is 4.05. The number of carboxylic acids is 1. The van der Waals surface area contributed by atoms with Crippen LogP contribution in [0.1, 0.15) is 10.4 Å². The number of aromatic carboxylic acids is 1. The molecule has 0 bridgehead atoms. The number of sulfonamides is 1. The van der Waals surface area contributed by atoms with E-state index in [9.17, 15) is 13.2 Å². The van der Waals surface area contributed by atoms with Gasteiger partial charge in [0.1, 0.15) is 10.7 Å². The van der Waals surface area contributed by atoms with Crippen LogP contribution in [-0.2, 0) is 10.0 Å². The van der Waals surface area contributed by atoms with Crippen molar-refractivity contribution in [2.45, 2.75) is 4.90 Å². The number of aromatic nitrogens is 1. The first kappa shape index (κ1) is 14.5. The number of hydrogen-bond acceptors (Lipinski definition) is 4. The van der Waals surface area contributed by atoms with Gasteiger partial charge < -0.3 is 5.11 Å². The van der Waals surface area contributed by atoms with Crippen molar-refractivity contribution in [1.82, 2.24) is 4.98 Å². The molecule has 2 rings (SSSR count). The largest absolute Gasteiger partial charge is 0.478 e. The molecule has 0 saturated heterocycles. The van der Waals surface area contributed by atoms with Gasteiger partial charge in [0.15, 0.2) is 0 Å². The normalized spacial score (nSPS) is 11.1. The van der Waals surface area contributed by atoms with Crippen LogP contribution >= 0.6 is 15.9 Å². The Morgan fingerprint density at radius 2 is 2.00 bits per heavy atom. The molecule has 0 unspecified atom stereocenters. The molecule has 0 fully saturated rings. The summed E-state index contributed by atoms with van der Waals surface area (Å²) in [6.07, 6.45) is 1.46. The third-order valence-electron chi connectivity index (χ3n) is 2.37. The summed E-state index contributed by atoms with van der Waals surface area (Å²) in [6, 6.07) is 8.49. The van der Waals surface area contributed by atoms with Crippen LogP contribution in [0.15, 0.2) is 52.0 Å². The van der Waals surface area contributed by atoms with Gasteiger partial charge in [-0.05, 0) is 46.3 Å². The first-order valence-corrected chi connectivity index (χ1v) is 7.64. The van der Waals surface area contributed by atoms with Crippen molar-refractivity contribution >= 4 is 37.7 Å². The van der Waals surface area contributed by atoms with Crippen LogP contribution in [0.4, 0.5) is 5.82 Å². The highest BCUT2D eigenvalue weighted by Gasteiger charge is 2.19. The van der Waals surface area contributed by atoms with Crippen molar-refractivity contribution in [3.63, 3.8) is 0 Å². The minimum Gasteiger partial charge on any atom is -0.478 e. The number of nitrogens with one attached hydrogen (secondary N) is 1. The van der Waals surface area contributed by atoms with Crippen LogP contribution in [0.25, 0.3) is 0 Å². The Labute approximate surface area is 123 Å². The summed E-state index contributed by atoms with van der Waals surface area (Å²) >= 11 is 3.06. The molecule has 0 atom stereocenters. The molecule has 0 amide bonds. The molecule has 1 heterocycles. The molecule has 0 aliphatic heterocycles. The fourth-order valence-electron chi connectivity index (χ4n) is 1.47. The van der Waals surface area contributed by atoms with Crippen molar-refractivity contribution in [3.8, 4) is 0 Å². The smallest absolute Gasteiger partial charge is 0.335 e. The van der Waals surface area contributed by atoms with Gasteiger partial charge in [0, 0.05) is 10.7 Å². The molecule has 0 aliphatic rings. The second-order valence-electron chi connectivity index (χ2n) is 3.77. The highest BCUT2D eigenvalue weighted by atomic mass is 79.9. The molecule has 1 aromatic carbocycles. The average Bonchev–Trinajstić information content (AvgIpc) is 2.38. The lowest BCUT2D eigenvalue weighted by Crippen LogP contribution is -2.14. The third kappa shape index (κ3) is 3.14. The van der Waals surface area contributed by atoms with E-state index in [1.54, 1.807) is 12.1 Å². The molecule has 20 heavy (non-hydrogen) atoms. The van der Waals surface area contributed by atoms with E-state index >= 15 is 0 Å². The number of rotatable bonds is 4. The third-order valence-corrected chi connectivity index (χ3v) is 4.70. The number of pyridine rings is 1. The van der Waals surface area contributed by atoms with E-state index < -0.39 is 16.0 Å². The number of nitrogens with zero attached hydrogens (tertiary/aromatic N) is 1. The van der Waals surface area contributed by atoms with Crippen molar-refractivity contribution in [2.24, 2.45) is 0 Å². The standard InChI is InChI=1S/C12H9BrN2O4S/c13-9-7-8(12(16)17)4-5-10(9)20(18,19)15-11-3-1-2-6-14-11/h1-7H,(H,14,15)(H,16,17). The Hall–Kier alpha value is -1.93. The van der Waals surface area contributed by atoms with E-state index in [4.69, 9.17) is 5.11 Å². The molecule has 2 aromatic rings. The molecule has 0 spiro atoms. The monoisotopic (exact) mass is 356 g/mol. The average molecular weight is 357 g/mol. The van der Waals surface area contributed by atoms with Gasteiger partial charge in [0.2, 0.25) is 0 Å². The molecule has 104 valence electrons. The van der Waals surface area contributed by atoms with E-state index in [0.717, 1.165) is 0 Å². The Bertz CT molecular complexity index is 747. The van der Waals surface area contributed by atoms with Crippen LogP contribution in [0, 0.1) is 0 Å². The number of carboxylic acid groups (broad SMARTS) is 1. The van der Waals surface area contributed by atoms with E-state index in [1.807, 2.05) is 0 Å². The molecule has 6 nitrogen and oxygen atoms in total. The molecule has 2 N–H and O–H groups in total. The zero-order valence-electron chi connectivity index (χ0n) is 9.95. The summed E-state index contributed by atoms with van der Waals surface area (Å²) < 4.78 is 26.8. The number of anilines is 1. The van der Waals surface area contributed by atoms with Crippen LogP contribution in [0.5, 0.6) is 0 Å². The fourth-order valence-corrected chi connectivity index (χ4v) is 3.55. The van der Waals surface area contributed by atoms with Gasteiger partial charge in [-0.3, -0.25) is 4.72 Å². The van der Waals surface area contributed by atoms with Crippen LogP contribution < -0.4 is 4.72 Å². The summed E-state index contributed by atoms with van der Waals surface area (Å²) in [7, 11) is -3.84. The lowest BCUT2D eigenvalue weighted by molar-refractivity contribution is 0.0696. The summed E-state index contributed by atoms with van der Waals surface area (Å²) in [6.45, 7) is 0. The molecule has 8 heteroatoms. The lowest BCUT2D eigenvalue weighted by Gasteiger charge is -2.09. The van der Waals surface area contributed by atoms with E-state index in [0.29, 0.717) is 0 Å². The van der Waals surface area contributed by atoms with Gasteiger partial charge in [0.25, 0.3) is 10.0 Å². The highest BCUT2D eigenvalue weighted by Crippen LogP contribution is 2.25. The Morgan fingerprint density at radius 1 is 1.25 bits per heavy atom. The number of benzene rings is 1. The van der Waals surface area contributed by atoms with Crippen molar-refractivity contribution < 1.29 is 18.3 Å². The molecule has 0 saturated carbocycles. The maximum Gasteiger partial charge on any atom is 0.335 e. The summed E-state index contributed by atoms with van der Waals surface area (Å²) in [5.74, 6) is -0.950. The summed E-state index contributed by atoms with van der Waals surface area (Å²) in [4.78, 5) is 14.6. The molecular formula is C12H9BrN2O4S. The molecule has 1 aromatic heterocycles. The number of halogens is 1. The maximum absolute atomic E-state index is 12.2. The summed E-state index contributed by atoms with van der Waals surface area (Å²) in [5.41, 5.74) is -0.00587. The Morgan fingerprint density at radius 3 is 2.55 bits per heavy atom. The van der Waals surface area contributed by atoms with Crippen molar-refractivity contribution in [3.05, 3.63) is 52.6 Å². The minimum absolute atomic E-state index is 0.00587. The predicted octanol–water partition coefficient (Wildman–Crippen LogP) is 2.34. The lowest BCUT2D eigenvalue weighted by atomic mass is 10.2. The minimum atomic E-state index is -3.84. The molecule has 0 aliphatic carbocycles. The van der Waals surface area contributed by atoms with Gasteiger partial charge in [0.05, 0.1) is 5.56 Å². The second-order valence-corrected chi connectivity index (χ2v) is 6.28. The van der Waals surface area contributed by atoms with Crippen LogP contribution in [-0.4, -0.2) is 24.5 Å². The second kappa shape index (κ2) is 5.59. The van der Waals surface area contributed by atoms with E-state index in [2.05, 4.69) is 25.6 Å². The van der Waals surface area contributed by atoms with E-state index in [1.165, 1.54) is 30.5 Å².